The number of nitrogens with zero attached hydrogens (tertiary/aromatic N) is 1. The molecule has 2 aliphatic rings. The molecule has 1 aliphatic carbocycles. The molecule has 0 atom stereocenters. The van der Waals surface area contributed by atoms with Crippen molar-refractivity contribution in [2.75, 3.05) is 19.6 Å². The zero-order valence-corrected chi connectivity index (χ0v) is 13.4. The van der Waals surface area contributed by atoms with E-state index in [9.17, 15) is 13.2 Å². The standard InChI is InChI=1S/C18H24F3NO/c19-18(20,21)23-16-8-3-2-7-15(16)17(9-6-10-17)11-14-22-12-4-1-5-13-22/h2-3,7-8H,1,4-6,9-14H2. The molecule has 2 nitrogen and oxygen atoms in total. The molecule has 1 aliphatic heterocycles. The highest BCUT2D eigenvalue weighted by molar-refractivity contribution is 5.41. The van der Waals surface area contributed by atoms with Crippen LogP contribution in [-0.4, -0.2) is 30.9 Å². The van der Waals surface area contributed by atoms with Gasteiger partial charge in [-0.05, 0) is 57.8 Å². The smallest absolute Gasteiger partial charge is 0.405 e. The molecule has 0 bridgehead atoms. The summed E-state index contributed by atoms with van der Waals surface area (Å²) in [5.41, 5.74) is 0.597. The number of hydrogen-bond donors (Lipinski definition) is 0. The van der Waals surface area contributed by atoms with Crippen molar-refractivity contribution < 1.29 is 17.9 Å². The Morgan fingerprint density at radius 2 is 1.70 bits per heavy atom. The van der Waals surface area contributed by atoms with Gasteiger partial charge >= 0.3 is 6.36 Å². The van der Waals surface area contributed by atoms with Gasteiger partial charge in [-0.2, -0.15) is 0 Å². The fourth-order valence-electron chi connectivity index (χ4n) is 3.93. The van der Waals surface area contributed by atoms with Crippen molar-refractivity contribution >= 4 is 0 Å². The summed E-state index contributed by atoms with van der Waals surface area (Å²) in [6.07, 6.45) is 3.06. The summed E-state index contributed by atoms with van der Waals surface area (Å²) < 4.78 is 42.3. The summed E-state index contributed by atoms with van der Waals surface area (Å²) in [7, 11) is 0. The van der Waals surface area contributed by atoms with Crippen LogP contribution in [0.3, 0.4) is 0 Å². The minimum Gasteiger partial charge on any atom is -0.405 e. The zero-order valence-electron chi connectivity index (χ0n) is 13.4. The SMILES string of the molecule is FC(F)(F)Oc1ccccc1C1(CCN2CCCCC2)CCC1. The molecule has 0 unspecified atom stereocenters. The fraction of sp³-hybridized carbons (Fsp3) is 0.667. The van der Waals surface area contributed by atoms with Crippen molar-refractivity contribution in [3.63, 3.8) is 0 Å². The van der Waals surface area contributed by atoms with Gasteiger partial charge in [-0.15, -0.1) is 13.2 Å². The lowest BCUT2D eigenvalue weighted by molar-refractivity contribution is -0.275. The minimum absolute atomic E-state index is 0.0154. The number of rotatable bonds is 5. The topological polar surface area (TPSA) is 12.5 Å². The van der Waals surface area contributed by atoms with Crippen LogP contribution in [0.2, 0.25) is 0 Å². The molecule has 1 saturated heterocycles. The molecule has 2 fully saturated rings. The first-order valence-corrected chi connectivity index (χ1v) is 8.56. The quantitative estimate of drug-likeness (QED) is 0.764. The molecule has 23 heavy (non-hydrogen) atoms. The Balaban J connectivity index is 1.74. The first-order chi connectivity index (χ1) is 11.0. The molecular formula is C18H24F3NO. The number of alkyl halides is 3. The van der Waals surface area contributed by atoms with Gasteiger partial charge in [0, 0.05) is 11.0 Å². The van der Waals surface area contributed by atoms with E-state index in [2.05, 4.69) is 9.64 Å². The molecule has 5 heteroatoms. The van der Waals surface area contributed by atoms with Crippen molar-refractivity contribution in [1.29, 1.82) is 0 Å². The molecule has 0 N–H and O–H groups in total. The predicted molar refractivity (Wildman–Crippen MR) is 83.6 cm³/mol. The largest absolute Gasteiger partial charge is 0.573 e. The first-order valence-electron chi connectivity index (χ1n) is 8.56. The van der Waals surface area contributed by atoms with E-state index in [1.807, 2.05) is 12.1 Å². The second-order valence-electron chi connectivity index (χ2n) is 6.83. The maximum atomic E-state index is 12.7. The van der Waals surface area contributed by atoms with Crippen LogP contribution < -0.4 is 4.74 Å². The van der Waals surface area contributed by atoms with Gasteiger partial charge in [0.05, 0.1) is 0 Å². The minimum atomic E-state index is -4.63. The number of likely N-dealkylation sites (tertiary alicyclic amines) is 1. The van der Waals surface area contributed by atoms with Crippen LogP contribution in [0.5, 0.6) is 5.75 Å². The Morgan fingerprint density at radius 3 is 2.30 bits per heavy atom. The van der Waals surface area contributed by atoms with Crippen molar-refractivity contribution in [3.05, 3.63) is 29.8 Å². The fourth-order valence-corrected chi connectivity index (χ4v) is 3.93. The van der Waals surface area contributed by atoms with E-state index in [4.69, 9.17) is 0 Å². The number of benzene rings is 1. The van der Waals surface area contributed by atoms with Gasteiger partial charge in [-0.3, -0.25) is 0 Å². The third-order valence-electron chi connectivity index (χ3n) is 5.35. The van der Waals surface area contributed by atoms with E-state index in [-0.39, 0.29) is 11.2 Å². The lowest BCUT2D eigenvalue weighted by Gasteiger charge is -2.44. The lowest BCUT2D eigenvalue weighted by atomic mass is 9.62. The molecule has 1 heterocycles. The number of halogens is 3. The molecule has 0 spiro atoms. The molecule has 1 saturated carbocycles. The van der Waals surface area contributed by atoms with E-state index in [0.29, 0.717) is 0 Å². The van der Waals surface area contributed by atoms with E-state index in [1.165, 1.54) is 25.3 Å². The van der Waals surface area contributed by atoms with E-state index in [1.54, 1.807) is 6.07 Å². The van der Waals surface area contributed by atoms with Crippen LogP contribution in [-0.2, 0) is 5.41 Å². The molecule has 0 radical (unpaired) electrons. The maximum absolute atomic E-state index is 12.7. The molecule has 3 rings (SSSR count). The summed E-state index contributed by atoms with van der Waals surface area (Å²) in [6.45, 7) is 3.22. The van der Waals surface area contributed by atoms with Crippen LogP contribution in [0.15, 0.2) is 24.3 Å². The maximum Gasteiger partial charge on any atom is 0.573 e. The van der Waals surface area contributed by atoms with Crippen molar-refractivity contribution in [3.8, 4) is 5.75 Å². The summed E-state index contributed by atoms with van der Waals surface area (Å²) in [5, 5.41) is 0. The van der Waals surface area contributed by atoms with E-state index < -0.39 is 6.36 Å². The number of ether oxygens (including phenoxy) is 1. The Labute approximate surface area is 135 Å². The highest BCUT2D eigenvalue weighted by Gasteiger charge is 2.42. The van der Waals surface area contributed by atoms with Crippen molar-refractivity contribution in [2.45, 2.75) is 56.7 Å². The van der Waals surface area contributed by atoms with Gasteiger partial charge in [-0.25, -0.2) is 0 Å². The average molecular weight is 327 g/mol. The summed E-state index contributed by atoms with van der Waals surface area (Å²) in [6, 6.07) is 6.70. The van der Waals surface area contributed by atoms with Crippen molar-refractivity contribution in [2.24, 2.45) is 0 Å². The second kappa shape index (κ2) is 6.71. The normalized spacial score (nSPS) is 21.7. The molecule has 128 valence electrons. The monoisotopic (exact) mass is 327 g/mol. The molecule has 0 aromatic heterocycles. The van der Waals surface area contributed by atoms with Gasteiger partial charge in [-0.1, -0.05) is 31.0 Å². The highest BCUT2D eigenvalue weighted by Crippen LogP contribution is 2.50. The van der Waals surface area contributed by atoms with Crippen LogP contribution in [0.1, 0.15) is 50.5 Å². The van der Waals surface area contributed by atoms with Gasteiger partial charge in [0.2, 0.25) is 0 Å². The third kappa shape index (κ3) is 4.00. The number of hydrogen-bond acceptors (Lipinski definition) is 2. The summed E-state index contributed by atoms with van der Waals surface area (Å²) in [4.78, 5) is 2.46. The first kappa shape index (κ1) is 16.6. The van der Waals surface area contributed by atoms with Gasteiger partial charge < -0.3 is 9.64 Å². The Kier molecular flexibility index (Phi) is 4.85. The lowest BCUT2D eigenvalue weighted by Crippen LogP contribution is -2.40. The summed E-state index contributed by atoms with van der Waals surface area (Å²) >= 11 is 0. The molecule has 1 aromatic carbocycles. The second-order valence-corrected chi connectivity index (χ2v) is 6.83. The third-order valence-corrected chi connectivity index (χ3v) is 5.35. The Bertz CT molecular complexity index is 519. The van der Waals surface area contributed by atoms with Crippen LogP contribution in [0.4, 0.5) is 13.2 Å². The molecule has 1 aromatic rings. The predicted octanol–water partition coefficient (Wildman–Crippen LogP) is 4.88. The van der Waals surface area contributed by atoms with Gasteiger partial charge in [0.1, 0.15) is 5.75 Å². The molecular weight excluding hydrogens is 303 g/mol. The van der Waals surface area contributed by atoms with Crippen LogP contribution in [0, 0.1) is 0 Å². The Hall–Kier alpha value is -1.23. The van der Waals surface area contributed by atoms with E-state index in [0.717, 1.165) is 50.9 Å². The van der Waals surface area contributed by atoms with Crippen LogP contribution in [0.25, 0.3) is 0 Å². The highest BCUT2D eigenvalue weighted by atomic mass is 19.4. The van der Waals surface area contributed by atoms with E-state index >= 15 is 0 Å². The molecule has 0 amide bonds. The summed E-state index contributed by atoms with van der Waals surface area (Å²) in [5.74, 6) is -0.0154. The number of para-hydroxylation sites is 1. The average Bonchev–Trinajstić information content (AvgIpc) is 2.47. The van der Waals surface area contributed by atoms with Gasteiger partial charge in [0.15, 0.2) is 0 Å². The van der Waals surface area contributed by atoms with Crippen molar-refractivity contribution in [1.82, 2.24) is 4.90 Å². The number of piperidine rings is 1. The Morgan fingerprint density at radius 1 is 1.00 bits per heavy atom. The van der Waals surface area contributed by atoms with Crippen LogP contribution >= 0.6 is 0 Å². The zero-order chi connectivity index (χ0) is 16.3. The van der Waals surface area contributed by atoms with Gasteiger partial charge in [0.25, 0.3) is 0 Å².